The van der Waals surface area contributed by atoms with Crippen molar-refractivity contribution >= 4 is 0 Å². The summed E-state index contributed by atoms with van der Waals surface area (Å²) < 4.78 is 14.1. The molecule has 1 atom stereocenters. The lowest BCUT2D eigenvalue weighted by Crippen LogP contribution is -2.08. The van der Waals surface area contributed by atoms with Gasteiger partial charge in [-0.25, -0.2) is 4.39 Å². The van der Waals surface area contributed by atoms with E-state index >= 15 is 0 Å². The maximum Gasteiger partial charge on any atom is 0.131 e. The normalized spacial score (nSPS) is 12.5. The molecule has 2 rings (SSSR count). The highest BCUT2D eigenvalue weighted by molar-refractivity contribution is 5.68. The Bertz CT molecular complexity index is 549. The van der Waals surface area contributed by atoms with Gasteiger partial charge in [-0.3, -0.25) is 0 Å². The van der Waals surface area contributed by atoms with Crippen LogP contribution in [0, 0.1) is 19.7 Å². The zero-order chi connectivity index (χ0) is 14.0. The summed E-state index contributed by atoms with van der Waals surface area (Å²) in [5.74, 6) is -0.162. The first-order valence-electron chi connectivity index (χ1n) is 6.65. The lowest BCUT2D eigenvalue weighted by Gasteiger charge is -2.12. The van der Waals surface area contributed by atoms with Gasteiger partial charge in [-0.2, -0.15) is 0 Å². The summed E-state index contributed by atoms with van der Waals surface area (Å²) in [7, 11) is 0. The average Bonchev–Trinajstić information content (AvgIpc) is 2.37. The Labute approximate surface area is 114 Å². The molecule has 0 heterocycles. The monoisotopic (exact) mass is 257 g/mol. The molecule has 2 N–H and O–H groups in total. The third-order valence-electron chi connectivity index (χ3n) is 3.50. The number of aryl methyl sites for hydroxylation is 2. The molecule has 0 saturated heterocycles. The Balaban J connectivity index is 2.43. The van der Waals surface area contributed by atoms with Crippen molar-refractivity contribution < 1.29 is 4.39 Å². The number of hydrogen-bond donors (Lipinski definition) is 1. The van der Waals surface area contributed by atoms with Gasteiger partial charge in [-0.05, 0) is 48.6 Å². The van der Waals surface area contributed by atoms with E-state index in [9.17, 15) is 4.39 Å². The van der Waals surface area contributed by atoms with Crippen molar-refractivity contribution in [3.63, 3.8) is 0 Å². The first-order chi connectivity index (χ1) is 9.02. The summed E-state index contributed by atoms with van der Waals surface area (Å²) >= 11 is 0. The van der Waals surface area contributed by atoms with Gasteiger partial charge in [0.1, 0.15) is 5.82 Å². The van der Waals surface area contributed by atoms with E-state index in [0.717, 1.165) is 28.7 Å². The van der Waals surface area contributed by atoms with Crippen LogP contribution in [0.4, 0.5) is 4.39 Å². The third kappa shape index (κ3) is 2.85. The molecule has 0 aliphatic rings. The van der Waals surface area contributed by atoms with Crippen LogP contribution in [0.15, 0.2) is 36.4 Å². The van der Waals surface area contributed by atoms with Crippen LogP contribution in [0.1, 0.15) is 36.1 Å². The van der Waals surface area contributed by atoms with E-state index in [-0.39, 0.29) is 11.9 Å². The first kappa shape index (κ1) is 13.8. The highest BCUT2D eigenvalue weighted by atomic mass is 19.1. The SMILES string of the molecule is CCC(N)c1ccc(-c2c(C)cc(C)cc2F)cc1. The summed E-state index contributed by atoms with van der Waals surface area (Å²) in [4.78, 5) is 0. The minimum absolute atomic E-state index is 0.0537. The molecule has 1 unspecified atom stereocenters. The minimum atomic E-state index is -0.162. The van der Waals surface area contributed by atoms with E-state index in [1.807, 2.05) is 44.2 Å². The van der Waals surface area contributed by atoms with Gasteiger partial charge in [0.25, 0.3) is 0 Å². The Kier molecular flexibility index (Phi) is 4.01. The van der Waals surface area contributed by atoms with Crippen molar-refractivity contribution in [2.24, 2.45) is 5.73 Å². The van der Waals surface area contributed by atoms with Crippen LogP contribution in [0.2, 0.25) is 0 Å². The zero-order valence-electron chi connectivity index (χ0n) is 11.7. The van der Waals surface area contributed by atoms with E-state index in [2.05, 4.69) is 6.92 Å². The van der Waals surface area contributed by atoms with Crippen molar-refractivity contribution in [2.75, 3.05) is 0 Å². The van der Waals surface area contributed by atoms with Crippen molar-refractivity contribution in [2.45, 2.75) is 33.2 Å². The Morgan fingerprint density at radius 1 is 1.11 bits per heavy atom. The maximum atomic E-state index is 14.1. The van der Waals surface area contributed by atoms with Crippen molar-refractivity contribution in [3.8, 4) is 11.1 Å². The quantitative estimate of drug-likeness (QED) is 0.859. The number of nitrogens with two attached hydrogens (primary N) is 1. The molecule has 0 radical (unpaired) electrons. The van der Waals surface area contributed by atoms with Crippen LogP contribution in [0.3, 0.4) is 0 Å². The van der Waals surface area contributed by atoms with Crippen LogP contribution >= 0.6 is 0 Å². The molecule has 0 aliphatic heterocycles. The van der Waals surface area contributed by atoms with E-state index in [1.165, 1.54) is 0 Å². The lowest BCUT2D eigenvalue weighted by atomic mass is 9.95. The molecule has 2 aromatic rings. The molecule has 0 saturated carbocycles. The van der Waals surface area contributed by atoms with Crippen LogP contribution < -0.4 is 5.73 Å². The van der Waals surface area contributed by atoms with Crippen molar-refractivity contribution in [1.82, 2.24) is 0 Å². The second kappa shape index (κ2) is 5.54. The molecule has 0 spiro atoms. The highest BCUT2D eigenvalue weighted by Gasteiger charge is 2.10. The summed E-state index contributed by atoms with van der Waals surface area (Å²) in [5, 5.41) is 0. The second-order valence-electron chi connectivity index (χ2n) is 5.08. The molecule has 0 aromatic heterocycles. The van der Waals surface area contributed by atoms with E-state index < -0.39 is 0 Å². The predicted molar refractivity (Wildman–Crippen MR) is 78.5 cm³/mol. The summed E-state index contributed by atoms with van der Waals surface area (Å²) in [5.41, 5.74) is 10.6. The molecule has 0 bridgehead atoms. The largest absolute Gasteiger partial charge is 0.324 e. The first-order valence-corrected chi connectivity index (χ1v) is 6.65. The molecule has 2 aromatic carbocycles. The number of rotatable bonds is 3. The molecule has 1 nitrogen and oxygen atoms in total. The fourth-order valence-electron chi connectivity index (χ4n) is 2.41. The topological polar surface area (TPSA) is 26.0 Å². The van der Waals surface area contributed by atoms with Crippen LogP contribution in [-0.4, -0.2) is 0 Å². The molecule has 100 valence electrons. The number of hydrogen-bond acceptors (Lipinski definition) is 1. The Morgan fingerprint density at radius 2 is 1.74 bits per heavy atom. The smallest absolute Gasteiger partial charge is 0.131 e. The van der Waals surface area contributed by atoms with Gasteiger partial charge in [-0.1, -0.05) is 37.3 Å². The molecule has 0 amide bonds. The second-order valence-corrected chi connectivity index (χ2v) is 5.08. The zero-order valence-corrected chi connectivity index (χ0v) is 11.7. The van der Waals surface area contributed by atoms with Gasteiger partial charge in [0.05, 0.1) is 0 Å². The molecule has 2 heteroatoms. The van der Waals surface area contributed by atoms with Gasteiger partial charge >= 0.3 is 0 Å². The van der Waals surface area contributed by atoms with E-state index in [1.54, 1.807) is 6.07 Å². The molecule has 19 heavy (non-hydrogen) atoms. The maximum absolute atomic E-state index is 14.1. The van der Waals surface area contributed by atoms with Crippen LogP contribution in [-0.2, 0) is 0 Å². The molecular weight excluding hydrogens is 237 g/mol. The average molecular weight is 257 g/mol. The van der Waals surface area contributed by atoms with Gasteiger partial charge in [0, 0.05) is 11.6 Å². The fourth-order valence-corrected chi connectivity index (χ4v) is 2.41. The predicted octanol–water partition coefficient (Wildman–Crippen LogP) is 4.52. The van der Waals surface area contributed by atoms with Crippen molar-refractivity contribution in [1.29, 1.82) is 0 Å². The van der Waals surface area contributed by atoms with Crippen LogP contribution in [0.25, 0.3) is 11.1 Å². The fraction of sp³-hybridized carbons (Fsp3) is 0.294. The van der Waals surface area contributed by atoms with Crippen LogP contribution in [0.5, 0.6) is 0 Å². The summed E-state index contributed by atoms with van der Waals surface area (Å²) in [6.07, 6.45) is 0.900. The summed E-state index contributed by atoms with van der Waals surface area (Å²) in [6, 6.07) is 11.5. The molecular formula is C17H20FN. The molecule has 0 fully saturated rings. The molecule has 0 aliphatic carbocycles. The minimum Gasteiger partial charge on any atom is -0.324 e. The Morgan fingerprint density at radius 3 is 2.26 bits per heavy atom. The summed E-state index contributed by atoms with van der Waals surface area (Å²) in [6.45, 7) is 5.91. The number of benzene rings is 2. The van der Waals surface area contributed by atoms with Gasteiger partial charge in [-0.15, -0.1) is 0 Å². The van der Waals surface area contributed by atoms with E-state index in [0.29, 0.717) is 5.56 Å². The lowest BCUT2D eigenvalue weighted by molar-refractivity contribution is 0.629. The highest BCUT2D eigenvalue weighted by Crippen LogP contribution is 2.28. The Hall–Kier alpha value is -1.67. The number of halogens is 1. The van der Waals surface area contributed by atoms with Gasteiger partial charge in [0.2, 0.25) is 0 Å². The standard InChI is InChI=1S/C17H20FN/c1-4-16(19)13-5-7-14(8-6-13)17-12(3)9-11(2)10-15(17)18/h5-10,16H,4,19H2,1-3H3. The van der Waals surface area contributed by atoms with Crippen molar-refractivity contribution in [3.05, 3.63) is 58.9 Å². The van der Waals surface area contributed by atoms with E-state index in [4.69, 9.17) is 5.73 Å². The van der Waals surface area contributed by atoms with Gasteiger partial charge in [0.15, 0.2) is 0 Å². The third-order valence-corrected chi connectivity index (χ3v) is 3.50. The van der Waals surface area contributed by atoms with Gasteiger partial charge < -0.3 is 5.73 Å².